The lowest BCUT2D eigenvalue weighted by molar-refractivity contribution is 0.624. The van der Waals surface area contributed by atoms with E-state index >= 15 is 0 Å². The third-order valence-electron chi connectivity index (χ3n) is 3.74. The number of hydrogen-bond donors (Lipinski definition) is 0. The monoisotopic (exact) mass is 323 g/mol. The molecule has 3 aromatic heterocycles. The van der Waals surface area contributed by atoms with E-state index < -0.39 is 0 Å². The minimum atomic E-state index is -0.363. The van der Waals surface area contributed by atoms with Crippen LogP contribution in [0.2, 0.25) is 5.02 Å². The number of rotatable bonds is 2. The van der Waals surface area contributed by atoms with Crippen LogP contribution in [0.15, 0.2) is 67.3 Å². The van der Waals surface area contributed by atoms with Crippen LogP contribution in [0.1, 0.15) is 0 Å². The second-order valence-corrected chi connectivity index (χ2v) is 5.57. The molecular weight excluding hydrogens is 313 g/mol. The molecule has 3 heterocycles. The first kappa shape index (κ1) is 13.9. The summed E-state index contributed by atoms with van der Waals surface area (Å²) in [5, 5.41) is 1.64. The highest BCUT2D eigenvalue weighted by Gasteiger charge is 2.15. The van der Waals surface area contributed by atoms with E-state index in [-0.39, 0.29) is 5.82 Å². The Hall–Kier alpha value is -2.72. The van der Waals surface area contributed by atoms with Crippen LogP contribution in [0.3, 0.4) is 0 Å². The number of hydrogen-bond acceptors (Lipinski definition) is 2. The number of nitrogens with zero attached hydrogens (tertiary/aromatic N) is 3. The van der Waals surface area contributed by atoms with Crippen molar-refractivity contribution >= 4 is 22.5 Å². The topological polar surface area (TPSA) is 30.7 Å². The summed E-state index contributed by atoms with van der Waals surface area (Å²) in [4.78, 5) is 8.02. The number of fused-ring (bicyclic) bond motifs is 1. The van der Waals surface area contributed by atoms with Crippen LogP contribution in [-0.4, -0.2) is 14.5 Å². The molecule has 5 heteroatoms. The molecule has 3 nitrogen and oxygen atoms in total. The number of benzene rings is 1. The van der Waals surface area contributed by atoms with Crippen molar-refractivity contribution < 1.29 is 4.39 Å². The Labute approximate surface area is 137 Å². The van der Waals surface area contributed by atoms with Gasteiger partial charge in [-0.1, -0.05) is 11.6 Å². The lowest BCUT2D eigenvalue weighted by Crippen LogP contribution is -1.98. The molecule has 112 valence electrons. The maximum atomic E-state index is 14.3. The molecule has 4 rings (SSSR count). The molecule has 0 saturated heterocycles. The van der Waals surface area contributed by atoms with Gasteiger partial charge in [0.1, 0.15) is 0 Å². The summed E-state index contributed by atoms with van der Waals surface area (Å²) < 4.78 is 16.2. The summed E-state index contributed by atoms with van der Waals surface area (Å²) in [6, 6.07) is 12.9. The first-order valence-electron chi connectivity index (χ1n) is 7.05. The summed E-state index contributed by atoms with van der Waals surface area (Å²) in [5.41, 5.74) is 3.03. The minimum Gasteiger partial charge on any atom is -0.308 e. The van der Waals surface area contributed by atoms with Gasteiger partial charge in [-0.25, -0.2) is 4.39 Å². The van der Waals surface area contributed by atoms with E-state index in [1.54, 1.807) is 24.7 Å². The van der Waals surface area contributed by atoms with Gasteiger partial charge >= 0.3 is 0 Å². The third kappa shape index (κ3) is 2.37. The Bertz CT molecular complexity index is 993. The summed E-state index contributed by atoms with van der Waals surface area (Å²) in [5.74, 6) is -0.363. The molecule has 0 atom stereocenters. The molecular formula is C18H11ClFN3. The van der Waals surface area contributed by atoms with Crippen molar-refractivity contribution in [1.29, 1.82) is 0 Å². The first-order valence-corrected chi connectivity index (χ1v) is 7.43. The fourth-order valence-electron chi connectivity index (χ4n) is 2.70. The lowest BCUT2D eigenvalue weighted by atomic mass is 10.1. The molecule has 0 aliphatic rings. The minimum absolute atomic E-state index is 0.363. The Kier molecular flexibility index (Phi) is 3.32. The maximum Gasteiger partial charge on any atom is 0.150 e. The Morgan fingerprint density at radius 1 is 0.913 bits per heavy atom. The zero-order valence-corrected chi connectivity index (χ0v) is 12.7. The lowest BCUT2D eigenvalue weighted by Gasteiger charge is -2.11. The van der Waals surface area contributed by atoms with E-state index in [2.05, 4.69) is 9.97 Å². The van der Waals surface area contributed by atoms with E-state index in [0.717, 1.165) is 22.3 Å². The van der Waals surface area contributed by atoms with Crippen molar-refractivity contribution in [2.75, 3.05) is 0 Å². The number of halogens is 2. The Morgan fingerprint density at radius 3 is 2.43 bits per heavy atom. The van der Waals surface area contributed by atoms with Gasteiger partial charge in [-0.05, 0) is 42.5 Å². The Balaban J connectivity index is 2.06. The van der Waals surface area contributed by atoms with E-state index in [1.807, 2.05) is 41.0 Å². The molecule has 0 bridgehead atoms. The largest absolute Gasteiger partial charge is 0.308 e. The van der Waals surface area contributed by atoms with Crippen LogP contribution < -0.4 is 0 Å². The predicted molar refractivity (Wildman–Crippen MR) is 89.3 cm³/mol. The quantitative estimate of drug-likeness (QED) is 0.526. The van der Waals surface area contributed by atoms with Gasteiger partial charge in [-0.3, -0.25) is 9.97 Å². The second-order valence-electron chi connectivity index (χ2n) is 5.13. The molecule has 0 amide bonds. The first-order chi connectivity index (χ1) is 11.2. The van der Waals surface area contributed by atoms with Gasteiger partial charge in [-0.2, -0.15) is 0 Å². The predicted octanol–water partition coefficient (Wildman–Crippen LogP) is 4.88. The number of pyridine rings is 2. The van der Waals surface area contributed by atoms with Crippen molar-refractivity contribution in [1.82, 2.24) is 14.5 Å². The Morgan fingerprint density at radius 2 is 1.65 bits per heavy atom. The van der Waals surface area contributed by atoms with Crippen LogP contribution in [0.25, 0.3) is 27.8 Å². The van der Waals surface area contributed by atoms with Gasteiger partial charge in [0.05, 0.1) is 23.6 Å². The molecule has 0 unspecified atom stereocenters. The van der Waals surface area contributed by atoms with Crippen LogP contribution in [0.4, 0.5) is 4.39 Å². The standard InChI is InChI=1S/C18H11ClFN3/c19-13-1-3-14(4-2-13)23-17(15-6-8-21-10-16(15)20)9-12-5-7-22-11-18(12)23/h1-11H. The molecule has 0 radical (unpaired) electrons. The van der Waals surface area contributed by atoms with Gasteiger partial charge in [0.15, 0.2) is 5.82 Å². The van der Waals surface area contributed by atoms with Crippen molar-refractivity contribution in [3.63, 3.8) is 0 Å². The summed E-state index contributed by atoms with van der Waals surface area (Å²) in [7, 11) is 0. The van der Waals surface area contributed by atoms with E-state index in [0.29, 0.717) is 10.6 Å². The molecule has 0 spiro atoms. The SMILES string of the molecule is Fc1cnccc1-c1cc2ccncc2n1-c1ccc(Cl)cc1. The zero-order chi connectivity index (χ0) is 15.8. The van der Waals surface area contributed by atoms with E-state index in [4.69, 9.17) is 11.6 Å². The van der Waals surface area contributed by atoms with Crippen LogP contribution in [0.5, 0.6) is 0 Å². The molecule has 0 aliphatic carbocycles. The highest BCUT2D eigenvalue weighted by molar-refractivity contribution is 6.30. The normalized spacial score (nSPS) is 11.0. The number of aromatic nitrogens is 3. The van der Waals surface area contributed by atoms with E-state index in [9.17, 15) is 4.39 Å². The van der Waals surface area contributed by atoms with Crippen LogP contribution >= 0.6 is 11.6 Å². The summed E-state index contributed by atoms with van der Waals surface area (Å²) >= 11 is 5.98. The smallest absolute Gasteiger partial charge is 0.150 e. The zero-order valence-electron chi connectivity index (χ0n) is 11.9. The van der Waals surface area contributed by atoms with Gasteiger partial charge in [-0.15, -0.1) is 0 Å². The second kappa shape index (κ2) is 5.48. The highest BCUT2D eigenvalue weighted by Crippen LogP contribution is 2.32. The molecule has 0 saturated carbocycles. The van der Waals surface area contributed by atoms with Gasteiger partial charge in [0, 0.05) is 34.1 Å². The van der Waals surface area contributed by atoms with Gasteiger partial charge in [0.2, 0.25) is 0 Å². The maximum absolute atomic E-state index is 14.3. The van der Waals surface area contributed by atoms with Gasteiger partial charge in [0.25, 0.3) is 0 Å². The van der Waals surface area contributed by atoms with Crippen molar-refractivity contribution in [2.24, 2.45) is 0 Å². The summed E-state index contributed by atoms with van der Waals surface area (Å²) in [6.07, 6.45) is 6.30. The molecule has 1 aromatic carbocycles. The van der Waals surface area contributed by atoms with Crippen LogP contribution in [-0.2, 0) is 0 Å². The molecule has 0 aliphatic heterocycles. The molecule has 23 heavy (non-hydrogen) atoms. The average molecular weight is 324 g/mol. The third-order valence-corrected chi connectivity index (χ3v) is 3.99. The fourth-order valence-corrected chi connectivity index (χ4v) is 2.82. The van der Waals surface area contributed by atoms with E-state index in [1.165, 1.54) is 6.20 Å². The molecule has 0 fully saturated rings. The van der Waals surface area contributed by atoms with Gasteiger partial charge < -0.3 is 4.57 Å². The van der Waals surface area contributed by atoms with Crippen LogP contribution in [0, 0.1) is 5.82 Å². The summed E-state index contributed by atoms with van der Waals surface area (Å²) in [6.45, 7) is 0. The average Bonchev–Trinajstić information content (AvgIpc) is 2.95. The van der Waals surface area contributed by atoms with Crippen molar-refractivity contribution in [2.45, 2.75) is 0 Å². The fraction of sp³-hybridized carbons (Fsp3) is 0. The van der Waals surface area contributed by atoms with Crippen molar-refractivity contribution in [3.8, 4) is 16.9 Å². The molecule has 4 aromatic rings. The molecule has 0 N–H and O–H groups in total. The van der Waals surface area contributed by atoms with Crippen molar-refractivity contribution in [3.05, 3.63) is 78.1 Å². The highest BCUT2D eigenvalue weighted by atomic mass is 35.5.